The van der Waals surface area contributed by atoms with Crippen molar-refractivity contribution in [1.29, 1.82) is 0 Å². The fourth-order valence-corrected chi connectivity index (χ4v) is 2.26. The van der Waals surface area contributed by atoms with Crippen LogP contribution in [0, 0.1) is 21.7 Å². The molecule has 0 N–H and O–H groups in total. The lowest BCUT2D eigenvalue weighted by molar-refractivity contribution is -0.385. The summed E-state index contributed by atoms with van der Waals surface area (Å²) in [5, 5.41) is 10.6. The van der Waals surface area contributed by atoms with E-state index >= 15 is 0 Å². The van der Waals surface area contributed by atoms with Gasteiger partial charge in [0.05, 0.1) is 28.2 Å². The summed E-state index contributed by atoms with van der Waals surface area (Å²) in [5.41, 5.74) is -1.69. The Balaban J connectivity index is 2.16. The van der Waals surface area contributed by atoms with Crippen LogP contribution in [0.5, 0.6) is 0 Å². The van der Waals surface area contributed by atoms with Gasteiger partial charge in [-0.25, -0.2) is 13.7 Å². The maximum atomic E-state index is 14.0. The van der Waals surface area contributed by atoms with Gasteiger partial charge in [0.1, 0.15) is 5.69 Å². The number of non-ortho nitro benzene ring substituents is 1. The van der Waals surface area contributed by atoms with Crippen molar-refractivity contribution >= 4 is 23.2 Å². The van der Waals surface area contributed by atoms with Gasteiger partial charge in [-0.15, -0.1) is 0 Å². The Morgan fingerprint density at radius 2 is 1.41 bits per heavy atom. The number of anilines is 1. The van der Waals surface area contributed by atoms with Gasteiger partial charge in [0, 0.05) is 0 Å². The number of amides is 2. The summed E-state index contributed by atoms with van der Waals surface area (Å²) in [6.07, 6.45) is 0. The summed E-state index contributed by atoms with van der Waals surface area (Å²) in [6.45, 7) is 0. The van der Waals surface area contributed by atoms with Crippen LogP contribution in [0.15, 0.2) is 36.4 Å². The highest BCUT2D eigenvalue weighted by atomic mass is 19.1. The topological polar surface area (TPSA) is 80.5 Å². The molecule has 0 radical (unpaired) electrons. The van der Waals surface area contributed by atoms with Crippen LogP contribution in [-0.2, 0) is 0 Å². The van der Waals surface area contributed by atoms with Crippen LogP contribution in [0.3, 0.4) is 0 Å². The highest BCUT2D eigenvalue weighted by Gasteiger charge is 2.39. The summed E-state index contributed by atoms with van der Waals surface area (Å²) >= 11 is 0. The first-order valence-corrected chi connectivity index (χ1v) is 6.03. The predicted octanol–water partition coefficient (Wildman–Crippen LogP) is 2.67. The average molecular weight is 304 g/mol. The van der Waals surface area contributed by atoms with Crippen LogP contribution in [0.1, 0.15) is 20.7 Å². The molecule has 0 saturated carbocycles. The van der Waals surface area contributed by atoms with Crippen molar-refractivity contribution in [2.45, 2.75) is 0 Å². The van der Waals surface area contributed by atoms with Crippen LogP contribution < -0.4 is 4.90 Å². The molecule has 2 aromatic carbocycles. The molecule has 8 heteroatoms. The highest BCUT2D eigenvalue weighted by Crippen LogP contribution is 2.34. The summed E-state index contributed by atoms with van der Waals surface area (Å²) in [7, 11) is 0. The zero-order chi connectivity index (χ0) is 16.0. The fraction of sp³-hybridized carbons (Fsp3) is 0. The van der Waals surface area contributed by atoms with E-state index in [0.717, 1.165) is 0 Å². The molecular formula is C14H6F2N2O4. The summed E-state index contributed by atoms with van der Waals surface area (Å²) < 4.78 is 28.0. The van der Waals surface area contributed by atoms with Gasteiger partial charge in [-0.3, -0.25) is 19.7 Å². The first-order chi connectivity index (χ1) is 10.4. The second kappa shape index (κ2) is 4.69. The minimum Gasteiger partial charge on any atom is -0.268 e. The lowest BCUT2D eigenvalue weighted by Gasteiger charge is -2.15. The molecular weight excluding hydrogens is 298 g/mol. The van der Waals surface area contributed by atoms with Gasteiger partial charge in [0.25, 0.3) is 17.5 Å². The predicted molar refractivity (Wildman–Crippen MR) is 70.6 cm³/mol. The van der Waals surface area contributed by atoms with E-state index in [4.69, 9.17) is 0 Å². The van der Waals surface area contributed by atoms with Crippen molar-refractivity contribution in [3.8, 4) is 0 Å². The summed E-state index contributed by atoms with van der Waals surface area (Å²) in [6, 6.07) is 6.66. The van der Waals surface area contributed by atoms with E-state index in [1.165, 1.54) is 24.3 Å². The van der Waals surface area contributed by atoms with Crippen LogP contribution in [0.25, 0.3) is 0 Å². The van der Waals surface area contributed by atoms with E-state index < -0.39 is 39.7 Å². The van der Waals surface area contributed by atoms with E-state index in [1.54, 1.807) is 0 Å². The number of nitro groups is 1. The zero-order valence-corrected chi connectivity index (χ0v) is 10.7. The number of carbonyl (C=O) groups is 2. The molecule has 0 fully saturated rings. The molecule has 0 saturated heterocycles. The van der Waals surface area contributed by atoms with Gasteiger partial charge in [0.15, 0.2) is 11.6 Å². The highest BCUT2D eigenvalue weighted by molar-refractivity contribution is 6.34. The number of hydrogen-bond donors (Lipinski definition) is 0. The Labute approximate surface area is 121 Å². The van der Waals surface area contributed by atoms with Crippen LogP contribution >= 0.6 is 0 Å². The quantitative estimate of drug-likeness (QED) is 0.485. The molecule has 3 rings (SSSR count). The number of benzene rings is 2. The molecule has 0 unspecified atom stereocenters. The summed E-state index contributed by atoms with van der Waals surface area (Å²) in [4.78, 5) is 34.3. The Bertz CT molecular complexity index is 792. The molecule has 1 heterocycles. The normalized spacial score (nSPS) is 13.5. The van der Waals surface area contributed by atoms with Gasteiger partial charge in [-0.05, 0) is 12.1 Å². The maximum Gasteiger partial charge on any atom is 0.275 e. The number of nitrogens with zero attached hydrogens (tertiary/aromatic N) is 2. The Morgan fingerprint density at radius 3 is 1.82 bits per heavy atom. The SMILES string of the molecule is O=C1c2ccccc2C(=O)N1c1c(F)cc([N+](=O)[O-])cc1F. The van der Waals surface area contributed by atoms with Gasteiger partial charge in [-0.2, -0.15) is 0 Å². The van der Waals surface area contributed by atoms with E-state index in [2.05, 4.69) is 0 Å². The van der Waals surface area contributed by atoms with Crippen molar-refractivity contribution < 1.29 is 23.3 Å². The third kappa shape index (κ3) is 1.85. The molecule has 1 aliphatic rings. The first kappa shape index (κ1) is 13.8. The van der Waals surface area contributed by atoms with Crippen LogP contribution in [-0.4, -0.2) is 16.7 Å². The minimum atomic E-state index is -1.36. The number of halogens is 2. The number of rotatable bonds is 2. The molecule has 2 amide bonds. The molecule has 0 spiro atoms. The van der Waals surface area contributed by atoms with Gasteiger partial charge < -0.3 is 0 Å². The molecule has 0 atom stereocenters. The third-order valence-corrected chi connectivity index (χ3v) is 3.23. The molecule has 1 aliphatic heterocycles. The third-order valence-electron chi connectivity index (χ3n) is 3.23. The largest absolute Gasteiger partial charge is 0.275 e. The average Bonchev–Trinajstić information content (AvgIpc) is 2.72. The zero-order valence-electron chi connectivity index (χ0n) is 10.7. The Kier molecular flexibility index (Phi) is 2.94. The van der Waals surface area contributed by atoms with E-state index in [-0.39, 0.29) is 11.1 Å². The number of carbonyl (C=O) groups excluding carboxylic acids is 2. The van der Waals surface area contributed by atoms with E-state index in [0.29, 0.717) is 17.0 Å². The van der Waals surface area contributed by atoms with E-state index in [9.17, 15) is 28.5 Å². The van der Waals surface area contributed by atoms with Crippen molar-refractivity contribution in [2.75, 3.05) is 4.90 Å². The lowest BCUT2D eigenvalue weighted by Crippen LogP contribution is -2.31. The van der Waals surface area contributed by atoms with E-state index in [1.807, 2.05) is 0 Å². The maximum absolute atomic E-state index is 14.0. The van der Waals surface area contributed by atoms with Crippen molar-refractivity contribution in [3.05, 3.63) is 69.3 Å². The minimum absolute atomic E-state index is 0.0182. The second-order valence-electron chi connectivity index (χ2n) is 4.51. The monoisotopic (exact) mass is 304 g/mol. The van der Waals surface area contributed by atoms with Crippen LogP contribution in [0.4, 0.5) is 20.2 Å². The second-order valence-corrected chi connectivity index (χ2v) is 4.51. The number of imide groups is 1. The number of nitro benzene ring substituents is 1. The molecule has 0 aliphatic carbocycles. The number of hydrogen-bond acceptors (Lipinski definition) is 4. The molecule has 2 aromatic rings. The Hall–Kier alpha value is -3.16. The molecule has 0 aromatic heterocycles. The molecule has 22 heavy (non-hydrogen) atoms. The van der Waals surface area contributed by atoms with Gasteiger partial charge >= 0.3 is 0 Å². The molecule has 0 bridgehead atoms. The van der Waals surface area contributed by atoms with Crippen molar-refractivity contribution in [3.63, 3.8) is 0 Å². The molecule has 6 nitrogen and oxygen atoms in total. The standard InChI is InChI=1S/C14H6F2N2O4/c15-10-5-7(18(21)22)6-11(16)12(10)17-13(19)8-3-1-2-4-9(8)14(17)20/h1-6H. The van der Waals surface area contributed by atoms with Gasteiger partial charge in [-0.1, -0.05) is 12.1 Å². The van der Waals surface area contributed by atoms with Crippen molar-refractivity contribution in [2.24, 2.45) is 0 Å². The van der Waals surface area contributed by atoms with Crippen LogP contribution in [0.2, 0.25) is 0 Å². The fourth-order valence-electron chi connectivity index (χ4n) is 2.26. The molecule has 110 valence electrons. The smallest absolute Gasteiger partial charge is 0.268 e. The lowest BCUT2D eigenvalue weighted by atomic mass is 10.1. The number of fused-ring (bicyclic) bond motifs is 1. The van der Waals surface area contributed by atoms with Crippen molar-refractivity contribution in [1.82, 2.24) is 0 Å². The first-order valence-electron chi connectivity index (χ1n) is 6.03. The van der Waals surface area contributed by atoms with Gasteiger partial charge in [0.2, 0.25) is 0 Å². The Morgan fingerprint density at radius 1 is 0.955 bits per heavy atom. The summed E-state index contributed by atoms with van der Waals surface area (Å²) in [5.74, 6) is -4.48.